The van der Waals surface area contributed by atoms with Crippen LogP contribution in [0.2, 0.25) is 0 Å². The van der Waals surface area contributed by atoms with Gasteiger partial charge in [0.2, 0.25) is 0 Å². The molecule has 0 amide bonds. The van der Waals surface area contributed by atoms with E-state index in [1.807, 2.05) is 82.9 Å². The summed E-state index contributed by atoms with van der Waals surface area (Å²) in [6.07, 6.45) is 1.65. The Balaban J connectivity index is 1.94. The zero-order valence-electron chi connectivity index (χ0n) is 14.8. The summed E-state index contributed by atoms with van der Waals surface area (Å²) in [5.41, 5.74) is 4.95. The lowest BCUT2D eigenvalue weighted by Crippen LogP contribution is -1.98. The first-order chi connectivity index (χ1) is 13.9. The fourth-order valence-corrected chi connectivity index (χ4v) is 4.18. The first kappa shape index (κ1) is 16.4. The third-order valence-electron chi connectivity index (χ3n) is 4.63. The van der Waals surface area contributed by atoms with Gasteiger partial charge in [-0.15, -0.1) is 11.3 Å². The monoisotopic (exact) mass is 378 g/mol. The SMILES string of the molecule is N#Cc1cnc2c(c(-c3ccccc3)nn2-c2ccccc2)c1-c1cccs1. The van der Waals surface area contributed by atoms with E-state index in [-0.39, 0.29) is 0 Å². The standard InChI is InChI=1S/C23H14N4S/c24-14-17-15-25-23-21(20(17)19-12-7-13-28-19)22(16-8-3-1-4-9-16)26-27(23)18-10-5-2-6-11-18/h1-13,15H. The molecule has 0 spiro atoms. The number of nitriles is 1. The summed E-state index contributed by atoms with van der Waals surface area (Å²) < 4.78 is 1.86. The van der Waals surface area contributed by atoms with Gasteiger partial charge in [0.15, 0.2) is 5.65 Å². The molecular weight excluding hydrogens is 364 g/mol. The molecule has 4 nitrogen and oxygen atoms in total. The predicted molar refractivity (Wildman–Crippen MR) is 112 cm³/mol. The summed E-state index contributed by atoms with van der Waals surface area (Å²) in [5.74, 6) is 0. The van der Waals surface area contributed by atoms with Crippen LogP contribution in [0.4, 0.5) is 0 Å². The summed E-state index contributed by atoms with van der Waals surface area (Å²) in [6.45, 7) is 0. The maximum Gasteiger partial charge on any atom is 0.164 e. The van der Waals surface area contributed by atoms with Crippen molar-refractivity contribution in [1.29, 1.82) is 5.26 Å². The average molecular weight is 378 g/mol. The molecule has 0 saturated carbocycles. The molecule has 3 heterocycles. The third kappa shape index (κ3) is 2.59. The average Bonchev–Trinajstić information content (AvgIpc) is 3.42. The molecule has 132 valence electrons. The normalized spacial score (nSPS) is 10.8. The van der Waals surface area contributed by atoms with Gasteiger partial charge in [-0.1, -0.05) is 54.6 Å². The first-order valence-corrected chi connectivity index (χ1v) is 9.71. The molecule has 0 aliphatic carbocycles. The van der Waals surface area contributed by atoms with E-state index in [0.29, 0.717) is 5.56 Å². The number of rotatable bonds is 3. The number of para-hydroxylation sites is 1. The van der Waals surface area contributed by atoms with E-state index in [2.05, 4.69) is 11.1 Å². The van der Waals surface area contributed by atoms with Crippen molar-refractivity contribution < 1.29 is 0 Å². The number of hydrogen-bond donors (Lipinski definition) is 0. The van der Waals surface area contributed by atoms with Crippen molar-refractivity contribution in [3.05, 3.63) is 89.9 Å². The largest absolute Gasteiger partial charge is 0.235 e. The molecule has 5 aromatic rings. The van der Waals surface area contributed by atoms with Gasteiger partial charge in [-0.2, -0.15) is 10.4 Å². The minimum absolute atomic E-state index is 0.555. The fraction of sp³-hybridized carbons (Fsp3) is 0. The Morgan fingerprint density at radius 1 is 0.893 bits per heavy atom. The van der Waals surface area contributed by atoms with Gasteiger partial charge in [-0.3, -0.25) is 0 Å². The lowest BCUT2D eigenvalue weighted by Gasteiger charge is -2.06. The van der Waals surface area contributed by atoms with E-state index in [4.69, 9.17) is 5.10 Å². The van der Waals surface area contributed by atoms with E-state index >= 15 is 0 Å². The summed E-state index contributed by atoms with van der Waals surface area (Å²) in [4.78, 5) is 5.66. The van der Waals surface area contributed by atoms with Gasteiger partial charge in [0.25, 0.3) is 0 Å². The van der Waals surface area contributed by atoms with Crippen molar-refractivity contribution in [2.45, 2.75) is 0 Å². The second kappa shape index (κ2) is 6.76. The maximum atomic E-state index is 9.75. The number of aromatic nitrogens is 3. The van der Waals surface area contributed by atoms with Crippen molar-refractivity contribution in [2.75, 3.05) is 0 Å². The molecule has 0 saturated heterocycles. The molecular formula is C23H14N4S. The van der Waals surface area contributed by atoms with Gasteiger partial charge in [-0.05, 0) is 23.6 Å². The van der Waals surface area contributed by atoms with Crippen LogP contribution < -0.4 is 0 Å². The van der Waals surface area contributed by atoms with E-state index in [1.165, 1.54) is 0 Å². The molecule has 0 aliphatic rings. The molecule has 0 N–H and O–H groups in total. The van der Waals surface area contributed by atoms with Crippen LogP contribution in [0.25, 0.3) is 38.4 Å². The molecule has 0 radical (unpaired) electrons. The van der Waals surface area contributed by atoms with Crippen molar-refractivity contribution in [3.8, 4) is 33.5 Å². The molecule has 5 heteroatoms. The van der Waals surface area contributed by atoms with E-state index < -0.39 is 0 Å². The Hall–Kier alpha value is -3.75. The van der Waals surface area contributed by atoms with Crippen molar-refractivity contribution >= 4 is 22.4 Å². The summed E-state index contributed by atoms with van der Waals surface area (Å²) >= 11 is 1.61. The van der Waals surface area contributed by atoms with Crippen molar-refractivity contribution in [2.24, 2.45) is 0 Å². The molecule has 0 bridgehead atoms. The molecule has 0 atom stereocenters. The fourth-order valence-electron chi connectivity index (χ4n) is 3.39. The minimum Gasteiger partial charge on any atom is -0.235 e. The van der Waals surface area contributed by atoms with Crippen LogP contribution >= 0.6 is 11.3 Å². The first-order valence-electron chi connectivity index (χ1n) is 8.83. The van der Waals surface area contributed by atoms with Gasteiger partial charge in [-0.25, -0.2) is 9.67 Å². The predicted octanol–water partition coefficient (Wildman–Crippen LogP) is 5.69. The topological polar surface area (TPSA) is 54.5 Å². The Labute approximate surface area is 166 Å². The third-order valence-corrected chi connectivity index (χ3v) is 5.52. The second-order valence-corrected chi connectivity index (χ2v) is 7.24. The van der Waals surface area contributed by atoms with E-state index in [1.54, 1.807) is 17.5 Å². The van der Waals surface area contributed by atoms with Crippen LogP contribution in [0, 0.1) is 11.3 Å². The zero-order chi connectivity index (χ0) is 18.9. The molecule has 0 aliphatic heterocycles. The molecule has 3 aromatic heterocycles. The van der Waals surface area contributed by atoms with E-state index in [0.717, 1.165) is 38.4 Å². The number of nitrogens with zero attached hydrogens (tertiary/aromatic N) is 4. The summed E-state index contributed by atoms with van der Waals surface area (Å²) in [5, 5.41) is 17.6. The van der Waals surface area contributed by atoms with Gasteiger partial charge < -0.3 is 0 Å². The number of thiophene rings is 1. The van der Waals surface area contributed by atoms with Gasteiger partial charge >= 0.3 is 0 Å². The number of pyridine rings is 1. The Kier molecular flexibility index (Phi) is 3.97. The molecule has 0 unspecified atom stereocenters. The van der Waals surface area contributed by atoms with Gasteiger partial charge in [0, 0.05) is 22.2 Å². The Morgan fingerprint density at radius 3 is 2.32 bits per heavy atom. The maximum absolute atomic E-state index is 9.75. The van der Waals surface area contributed by atoms with Gasteiger partial charge in [0.1, 0.15) is 11.8 Å². The molecule has 5 rings (SSSR count). The van der Waals surface area contributed by atoms with Crippen LogP contribution in [-0.4, -0.2) is 14.8 Å². The van der Waals surface area contributed by atoms with Gasteiger partial charge in [0.05, 0.1) is 16.6 Å². The smallest absolute Gasteiger partial charge is 0.164 e. The summed E-state index contributed by atoms with van der Waals surface area (Å²) in [7, 11) is 0. The Morgan fingerprint density at radius 2 is 1.64 bits per heavy atom. The van der Waals surface area contributed by atoms with Crippen LogP contribution in [0.3, 0.4) is 0 Å². The number of benzene rings is 2. The molecule has 28 heavy (non-hydrogen) atoms. The highest BCUT2D eigenvalue weighted by Crippen LogP contribution is 2.39. The zero-order valence-corrected chi connectivity index (χ0v) is 15.6. The van der Waals surface area contributed by atoms with Crippen molar-refractivity contribution in [1.82, 2.24) is 14.8 Å². The second-order valence-electron chi connectivity index (χ2n) is 6.30. The van der Waals surface area contributed by atoms with E-state index in [9.17, 15) is 5.26 Å². The highest BCUT2D eigenvalue weighted by atomic mass is 32.1. The molecule has 2 aromatic carbocycles. The summed E-state index contributed by atoms with van der Waals surface area (Å²) in [6, 6.07) is 26.3. The number of hydrogen-bond acceptors (Lipinski definition) is 4. The lowest BCUT2D eigenvalue weighted by molar-refractivity contribution is 0.901. The lowest BCUT2D eigenvalue weighted by atomic mass is 10.0. The highest BCUT2D eigenvalue weighted by molar-refractivity contribution is 7.13. The number of fused-ring (bicyclic) bond motifs is 1. The highest BCUT2D eigenvalue weighted by Gasteiger charge is 2.22. The quantitative estimate of drug-likeness (QED) is 0.405. The van der Waals surface area contributed by atoms with Crippen LogP contribution in [0.15, 0.2) is 84.4 Å². The van der Waals surface area contributed by atoms with Crippen molar-refractivity contribution in [3.63, 3.8) is 0 Å². The Bertz CT molecular complexity index is 1300. The minimum atomic E-state index is 0.555. The van der Waals surface area contributed by atoms with Crippen LogP contribution in [0.1, 0.15) is 5.56 Å². The van der Waals surface area contributed by atoms with Crippen LogP contribution in [-0.2, 0) is 0 Å². The van der Waals surface area contributed by atoms with Crippen LogP contribution in [0.5, 0.6) is 0 Å². The molecule has 0 fully saturated rings.